The Morgan fingerprint density at radius 3 is 2.47 bits per heavy atom. The van der Waals surface area contributed by atoms with Crippen molar-refractivity contribution in [3.05, 3.63) is 32.3 Å². The maximum Gasteiger partial charge on any atom is 0.312 e. The molecule has 0 radical (unpaired) electrons. The van der Waals surface area contributed by atoms with Crippen LogP contribution < -0.4 is 5.73 Å². The molecule has 1 aromatic rings. The molecule has 0 aliphatic rings. The molecule has 0 bridgehead atoms. The van der Waals surface area contributed by atoms with Gasteiger partial charge in [-0.3, -0.25) is 10.1 Å². The van der Waals surface area contributed by atoms with Gasteiger partial charge in [0.1, 0.15) is 0 Å². The monoisotopic (exact) mass is 274 g/mol. The van der Waals surface area contributed by atoms with E-state index in [1.165, 1.54) is 6.07 Å². The molecular formula is C9H11BrN2O3. The van der Waals surface area contributed by atoms with Crippen LogP contribution in [0.1, 0.15) is 19.4 Å². The van der Waals surface area contributed by atoms with Crippen molar-refractivity contribution in [2.45, 2.75) is 19.4 Å². The van der Waals surface area contributed by atoms with Crippen molar-refractivity contribution in [2.75, 3.05) is 0 Å². The van der Waals surface area contributed by atoms with Crippen LogP contribution in [0.5, 0.6) is 5.75 Å². The van der Waals surface area contributed by atoms with Crippen LogP contribution in [0.3, 0.4) is 0 Å². The van der Waals surface area contributed by atoms with Crippen molar-refractivity contribution in [3.63, 3.8) is 0 Å². The summed E-state index contributed by atoms with van der Waals surface area (Å²) in [4.78, 5) is 9.99. The van der Waals surface area contributed by atoms with Gasteiger partial charge in [0.25, 0.3) is 0 Å². The lowest BCUT2D eigenvalue weighted by atomic mass is 9.95. The van der Waals surface area contributed by atoms with Gasteiger partial charge in [0.05, 0.1) is 9.40 Å². The molecule has 1 aromatic carbocycles. The number of nitrogens with two attached hydrogens (primary N) is 1. The predicted molar refractivity (Wildman–Crippen MR) is 59.7 cm³/mol. The predicted octanol–water partition coefficient (Wildman–Crippen LogP) is 2.26. The van der Waals surface area contributed by atoms with Crippen LogP contribution >= 0.6 is 15.9 Å². The average molecular weight is 275 g/mol. The number of nitro groups is 1. The smallest absolute Gasteiger partial charge is 0.312 e. The number of halogens is 1. The Balaban J connectivity index is 3.43. The van der Waals surface area contributed by atoms with Crippen molar-refractivity contribution in [3.8, 4) is 5.75 Å². The first kappa shape index (κ1) is 11.9. The first-order valence-corrected chi connectivity index (χ1v) is 4.99. The molecule has 0 atom stereocenters. The normalized spacial score (nSPS) is 11.5. The number of benzene rings is 1. The molecule has 6 heteroatoms. The molecule has 5 nitrogen and oxygen atoms in total. The highest BCUT2D eigenvalue weighted by atomic mass is 79.9. The van der Waals surface area contributed by atoms with Crippen LogP contribution in [0, 0.1) is 10.1 Å². The second kappa shape index (κ2) is 3.79. The van der Waals surface area contributed by atoms with E-state index in [2.05, 4.69) is 15.9 Å². The molecule has 15 heavy (non-hydrogen) atoms. The van der Waals surface area contributed by atoms with E-state index in [4.69, 9.17) is 5.73 Å². The molecule has 0 spiro atoms. The molecule has 1 rings (SSSR count). The summed E-state index contributed by atoms with van der Waals surface area (Å²) in [6.07, 6.45) is 0. The van der Waals surface area contributed by atoms with Crippen LogP contribution in [-0.2, 0) is 5.54 Å². The minimum Gasteiger partial charge on any atom is -0.501 e. The number of nitrogens with zero attached hydrogens (tertiary/aromatic N) is 1. The van der Waals surface area contributed by atoms with E-state index < -0.39 is 10.5 Å². The van der Waals surface area contributed by atoms with Gasteiger partial charge < -0.3 is 10.8 Å². The third-order valence-corrected chi connectivity index (χ3v) is 2.59. The van der Waals surface area contributed by atoms with Gasteiger partial charge in [0, 0.05) is 11.6 Å². The highest BCUT2D eigenvalue weighted by Crippen LogP contribution is 2.37. The maximum absolute atomic E-state index is 10.6. The number of hydrogen-bond acceptors (Lipinski definition) is 4. The lowest BCUT2D eigenvalue weighted by Gasteiger charge is -2.19. The molecule has 82 valence electrons. The number of hydrogen-bond donors (Lipinski definition) is 2. The largest absolute Gasteiger partial charge is 0.501 e. The molecular weight excluding hydrogens is 264 g/mol. The minimum absolute atomic E-state index is 0.269. The van der Waals surface area contributed by atoms with Gasteiger partial charge in [-0.15, -0.1) is 0 Å². The summed E-state index contributed by atoms with van der Waals surface area (Å²) in [5.74, 6) is -0.381. The third-order valence-electron chi connectivity index (χ3n) is 1.98. The third kappa shape index (κ3) is 2.45. The van der Waals surface area contributed by atoms with Crippen molar-refractivity contribution in [2.24, 2.45) is 5.73 Å². The van der Waals surface area contributed by atoms with E-state index in [-0.39, 0.29) is 15.9 Å². The van der Waals surface area contributed by atoms with Crippen LogP contribution in [-0.4, -0.2) is 10.0 Å². The first-order chi connectivity index (χ1) is 6.73. The Bertz CT molecular complexity index is 413. The summed E-state index contributed by atoms with van der Waals surface area (Å²) in [6.45, 7) is 3.46. The summed E-state index contributed by atoms with van der Waals surface area (Å²) < 4.78 is 0.269. The number of phenolic OH excluding ortho intramolecular Hbond substituents is 1. The van der Waals surface area contributed by atoms with Gasteiger partial charge >= 0.3 is 5.69 Å². The maximum atomic E-state index is 10.6. The summed E-state index contributed by atoms with van der Waals surface area (Å²) in [6, 6.07) is 2.85. The molecule has 0 aliphatic carbocycles. The molecule has 0 heterocycles. The van der Waals surface area contributed by atoms with Crippen LogP contribution in [0.4, 0.5) is 5.69 Å². The Morgan fingerprint density at radius 2 is 2.07 bits per heavy atom. The van der Waals surface area contributed by atoms with E-state index >= 15 is 0 Å². The van der Waals surface area contributed by atoms with Crippen LogP contribution in [0.2, 0.25) is 0 Å². The Hall–Kier alpha value is -1.14. The first-order valence-electron chi connectivity index (χ1n) is 4.19. The van der Waals surface area contributed by atoms with Gasteiger partial charge in [0.2, 0.25) is 5.75 Å². The van der Waals surface area contributed by atoms with E-state index in [1.54, 1.807) is 19.9 Å². The van der Waals surface area contributed by atoms with Gasteiger partial charge in [-0.2, -0.15) is 0 Å². The van der Waals surface area contributed by atoms with Crippen LogP contribution in [0.15, 0.2) is 16.6 Å². The lowest BCUT2D eigenvalue weighted by Crippen LogP contribution is -2.28. The van der Waals surface area contributed by atoms with Gasteiger partial charge in [-0.25, -0.2) is 0 Å². The number of phenols is 1. The van der Waals surface area contributed by atoms with Crippen LogP contribution in [0.25, 0.3) is 0 Å². The second-order valence-electron chi connectivity index (χ2n) is 3.80. The molecule has 0 saturated heterocycles. The topological polar surface area (TPSA) is 89.4 Å². The van der Waals surface area contributed by atoms with E-state index in [9.17, 15) is 15.2 Å². The fraction of sp³-hybridized carbons (Fsp3) is 0.333. The van der Waals surface area contributed by atoms with Gasteiger partial charge in [-0.05, 0) is 41.4 Å². The fourth-order valence-electron chi connectivity index (χ4n) is 1.10. The average Bonchev–Trinajstić information content (AvgIpc) is 2.06. The number of nitro benzene ring substituents is 1. The number of aromatic hydroxyl groups is 1. The van der Waals surface area contributed by atoms with Crippen molar-refractivity contribution in [1.29, 1.82) is 0 Å². The summed E-state index contributed by atoms with van der Waals surface area (Å²) in [7, 11) is 0. The van der Waals surface area contributed by atoms with E-state index in [1.807, 2.05) is 0 Å². The quantitative estimate of drug-likeness (QED) is 0.639. The fourth-order valence-corrected chi connectivity index (χ4v) is 1.55. The second-order valence-corrected chi connectivity index (χ2v) is 4.66. The van der Waals surface area contributed by atoms with E-state index in [0.717, 1.165) is 0 Å². The zero-order valence-electron chi connectivity index (χ0n) is 8.32. The summed E-state index contributed by atoms with van der Waals surface area (Å²) in [5, 5.41) is 20.1. The lowest BCUT2D eigenvalue weighted by molar-refractivity contribution is -0.386. The molecule has 0 aliphatic heterocycles. The molecule has 0 unspecified atom stereocenters. The highest BCUT2D eigenvalue weighted by molar-refractivity contribution is 9.10. The number of rotatable bonds is 2. The van der Waals surface area contributed by atoms with E-state index in [0.29, 0.717) is 5.56 Å². The van der Waals surface area contributed by atoms with Gasteiger partial charge in [-0.1, -0.05) is 0 Å². The van der Waals surface area contributed by atoms with Crippen molar-refractivity contribution >= 4 is 21.6 Å². The molecule has 3 N–H and O–H groups in total. The Kier molecular flexibility index (Phi) is 3.01. The van der Waals surface area contributed by atoms with Gasteiger partial charge in [0.15, 0.2) is 0 Å². The van der Waals surface area contributed by atoms with Crippen molar-refractivity contribution < 1.29 is 10.0 Å². The zero-order valence-corrected chi connectivity index (χ0v) is 9.91. The molecule has 0 saturated carbocycles. The minimum atomic E-state index is -0.693. The molecule has 0 amide bonds. The summed E-state index contributed by atoms with van der Waals surface area (Å²) in [5.41, 5.74) is 5.36. The highest BCUT2D eigenvalue weighted by Gasteiger charge is 2.23. The summed E-state index contributed by atoms with van der Waals surface area (Å²) >= 11 is 3.05. The Morgan fingerprint density at radius 1 is 1.53 bits per heavy atom. The Labute approximate surface area is 95.2 Å². The molecule has 0 aromatic heterocycles. The molecule has 0 fully saturated rings. The standard InChI is InChI=1S/C9H11BrN2O3/c1-9(2,11)5-3-6(10)8(13)7(4-5)12(14)15/h3-4,13H,11H2,1-2H3. The SMILES string of the molecule is CC(C)(N)c1cc(Br)c(O)c([N+](=O)[O-])c1. The zero-order chi connectivity index (χ0) is 11.8. The van der Waals surface area contributed by atoms with Crippen molar-refractivity contribution in [1.82, 2.24) is 0 Å².